The standard InChI is InChI=1S/C14H18N2O/c1-11(9-15)16(2)10-14-13-6-4-3-5-12(13)7-8-17-14/h3-6,11,14H,7-8,10H2,1-2H3. The molecule has 3 heteroatoms. The Bertz CT molecular complexity index is 424. The number of hydrogen-bond donors (Lipinski definition) is 0. The molecule has 0 N–H and O–H groups in total. The molecular weight excluding hydrogens is 212 g/mol. The average molecular weight is 230 g/mol. The zero-order valence-corrected chi connectivity index (χ0v) is 10.4. The molecule has 0 saturated carbocycles. The maximum Gasteiger partial charge on any atom is 0.0954 e. The number of fused-ring (bicyclic) bond motifs is 1. The second kappa shape index (κ2) is 5.31. The predicted octanol–water partition coefficient (Wildman–Crippen LogP) is 2.14. The molecule has 0 aromatic heterocycles. The predicted molar refractivity (Wildman–Crippen MR) is 66.5 cm³/mol. The average Bonchev–Trinajstić information content (AvgIpc) is 2.38. The minimum atomic E-state index is -0.0762. The van der Waals surface area contributed by atoms with Crippen LogP contribution in [0.1, 0.15) is 24.2 Å². The number of benzene rings is 1. The van der Waals surface area contributed by atoms with Crippen LogP contribution in [0, 0.1) is 11.3 Å². The summed E-state index contributed by atoms with van der Waals surface area (Å²) in [6.45, 7) is 3.46. The molecule has 1 heterocycles. The van der Waals surface area contributed by atoms with Crippen LogP contribution in [-0.4, -0.2) is 31.1 Å². The SMILES string of the molecule is CC(C#N)N(C)CC1OCCc2ccccc21. The molecule has 0 bridgehead atoms. The normalized spacial score (nSPS) is 20.7. The van der Waals surface area contributed by atoms with Crippen LogP contribution in [0.15, 0.2) is 24.3 Å². The second-order valence-electron chi connectivity index (χ2n) is 4.55. The van der Waals surface area contributed by atoms with Gasteiger partial charge >= 0.3 is 0 Å². The van der Waals surface area contributed by atoms with Gasteiger partial charge in [-0.15, -0.1) is 0 Å². The van der Waals surface area contributed by atoms with Crippen LogP contribution in [0.25, 0.3) is 0 Å². The van der Waals surface area contributed by atoms with E-state index in [0.29, 0.717) is 0 Å². The third-order valence-corrected chi connectivity index (χ3v) is 3.39. The first-order valence-corrected chi connectivity index (χ1v) is 6.01. The largest absolute Gasteiger partial charge is 0.372 e. The van der Waals surface area contributed by atoms with Gasteiger partial charge < -0.3 is 4.74 Å². The van der Waals surface area contributed by atoms with Gasteiger partial charge in [0, 0.05) is 6.54 Å². The summed E-state index contributed by atoms with van der Waals surface area (Å²) in [6.07, 6.45) is 1.09. The highest BCUT2D eigenvalue weighted by Crippen LogP contribution is 2.27. The molecule has 1 aromatic rings. The van der Waals surface area contributed by atoms with E-state index in [1.54, 1.807) is 0 Å². The summed E-state index contributed by atoms with van der Waals surface area (Å²) in [7, 11) is 1.97. The molecule has 0 spiro atoms. The first-order chi connectivity index (χ1) is 8.22. The number of likely N-dealkylation sites (N-methyl/N-ethyl adjacent to an activating group) is 1. The van der Waals surface area contributed by atoms with Crippen LogP contribution in [0.2, 0.25) is 0 Å². The van der Waals surface area contributed by atoms with E-state index in [1.807, 2.05) is 24.9 Å². The number of nitriles is 1. The first-order valence-electron chi connectivity index (χ1n) is 6.01. The Morgan fingerprint density at radius 1 is 1.53 bits per heavy atom. The van der Waals surface area contributed by atoms with Crippen molar-refractivity contribution in [2.45, 2.75) is 25.5 Å². The summed E-state index contributed by atoms with van der Waals surface area (Å²) >= 11 is 0. The number of nitrogens with zero attached hydrogens (tertiary/aromatic N) is 2. The smallest absolute Gasteiger partial charge is 0.0954 e. The molecule has 1 aliphatic heterocycles. The van der Waals surface area contributed by atoms with E-state index < -0.39 is 0 Å². The molecule has 0 fully saturated rings. The van der Waals surface area contributed by atoms with Crippen molar-refractivity contribution < 1.29 is 4.74 Å². The molecule has 1 aromatic carbocycles. The van der Waals surface area contributed by atoms with Crippen molar-refractivity contribution in [3.8, 4) is 6.07 Å². The molecule has 0 aliphatic carbocycles. The van der Waals surface area contributed by atoms with Crippen molar-refractivity contribution in [1.82, 2.24) is 4.90 Å². The fourth-order valence-electron chi connectivity index (χ4n) is 2.15. The van der Waals surface area contributed by atoms with Gasteiger partial charge in [-0.1, -0.05) is 24.3 Å². The monoisotopic (exact) mass is 230 g/mol. The van der Waals surface area contributed by atoms with Crippen molar-refractivity contribution >= 4 is 0 Å². The Kier molecular flexibility index (Phi) is 3.78. The Balaban J connectivity index is 2.11. The van der Waals surface area contributed by atoms with Gasteiger partial charge in [0.25, 0.3) is 0 Å². The highest BCUT2D eigenvalue weighted by molar-refractivity contribution is 5.31. The van der Waals surface area contributed by atoms with Crippen LogP contribution in [0.3, 0.4) is 0 Å². The molecule has 17 heavy (non-hydrogen) atoms. The lowest BCUT2D eigenvalue weighted by Gasteiger charge is -2.30. The van der Waals surface area contributed by atoms with Crippen LogP contribution < -0.4 is 0 Å². The molecule has 90 valence electrons. The Hall–Kier alpha value is -1.37. The maximum absolute atomic E-state index is 8.90. The molecule has 2 rings (SSSR count). The summed E-state index contributed by atoms with van der Waals surface area (Å²) in [5, 5.41) is 8.90. The van der Waals surface area contributed by atoms with Gasteiger partial charge in [0.2, 0.25) is 0 Å². The molecular formula is C14H18N2O. The van der Waals surface area contributed by atoms with Crippen molar-refractivity contribution in [2.24, 2.45) is 0 Å². The quantitative estimate of drug-likeness (QED) is 0.798. The highest BCUT2D eigenvalue weighted by Gasteiger charge is 2.23. The summed E-state index contributed by atoms with van der Waals surface area (Å²) in [4.78, 5) is 2.03. The summed E-state index contributed by atoms with van der Waals surface area (Å²) in [6, 6.07) is 10.6. The van der Waals surface area contributed by atoms with Gasteiger partial charge in [-0.25, -0.2) is 0 Å². The second-order valence-corrected chi connectivity index (χ2v) is 4.55. The Labute approximate surface area is 103 Å². The van der Waals surface area contributed by atoms with Crippen LogP contribution >= 0.6 is 0 Å². The minimum absolute atomic E-state index is 0.0762. The van der Waals surface area contributed by atoms with Gasteiger partial charge in [0.05, 0.1) is 24.8 Å². The van der Waals surface area contributed by atoms with E-state index >= 15 is 0 Å². The lowest BCUT2D eigenvalue weighted by atomic mass is 9.97. The minimum Gasteiger partial charge on any atom is -0.372 e. The Morgan fingerprint density at radius 3 is 3.06 bits per heavy atom. The fourth-order valence-corrected chi connectivity index (χ4v) is 2.15. The van der Waals surface area contributed by atoms with Crippen molar-refractivity contribution in [1.29, 1.82) is 5.26 Å². The van der Waals surface area contributed by atoms with Gasteiger partial charge in [0.1, 0.15) is 0 Å². The van der Waals surface area contributed by atoms with Crippen molar-refractivity contribution in [3.05, 3.63) is 35.4 Å². The molecule has 2 unspecified atom stereocenters. The molecule has 3 nitrogen and oxygen atoms in total. The van der Waals surface area contributed by atoms with E-state index in [-0.39, 0.29) is 12.1 Å². The molecule has 0 saturated heterocycles. The van der Waals surface area contributed by atoms with Crippen molar-refractivity contribution in [3.63, 3.8) is 0 Å². The summed E-state index contributed by atoms with van der Waals surface area (Å²) in [5.74, 6) is 0. The third-order valence-electron chi connectivity index (χ3n) is 3.39. The van der Waals surface area contributed by atoms with Crippen LogP contribution in [0.4, 0.5) is 0 Å². The van der Waals surface area contributed by atoms with Gasteiger partial charge in [-0.3, -0.25) is 4.90 Å². The zero-order chi connectivity index (χ0) is 12.3. The zero-order valence-electron chi connectivity index (χ0n) is 10.4. The maximum atomic E-state index is 8.90. The highest BCUT2D eigenvalue weighted by atomic mass is 16.5. The third kappa shape index (κ3) is 2.66. The number of ether oxygens (including phenoxy) is 1. The first kappa shape index (κ1) is 12.1. The summed E-state index contributed by atoms with van der Waals surface area (Å²) in [5.41, 5.74) is 2.65. The van der Waals surface area contributed by atoms with Crippen molar-refractivity contribution in [2.75, 3.05) is 20.2 Å². The molecule has 2 atom stereocenters. The van der Waals surface area contributed by atoms with E-state index in [4.69, 9.17) is 10.00 Å². The van der Waals surface area contributed by atoms with E-state index in [9.17, 15) is 0 Å². The Morgan fingerprint density at radius 2 is 2.29 bits per heavy atom. The van der Waals surface area contributed by atoms with Crippen LogP contribution in [-0.2, 0) is 11.2 Å². The van der Waals surface area contributed by atoms with Gasteiger partial charge in [-0.05, 0) is 31.5 Å². The van der Waals surface area contributed by atoms with Crippen LogP contribution in [0.5, 0.6) is 0 Å². The lowest BCUT2D eigenvalue weighted by molar-refractivity contribution is 0.0180. The van der Waals surface area contributed by atoms with Gasteiger partial charge in [-0.2, -0.15) is 5.26 Å². The van der Waals surface area contributed by atoms with E-state index in [1.165, 1.54) is 11.1 Å². The lowest BCUT2D eigenvalue weighted by Crippen LogP contribution is -2.34. The summed E-state index contributed by atoms with van der Waals surface area (Å²) < 4.78 is 5.82. The fraction of sp³-hybridized carbons (Fsp3) is 0.500. The molecule has 1 aliphatic rings. The van der Waals surface area contributed by atoms with E-state index in [2.05, 4.69) is 24.3 Å². The van der Waals surface area contributed by atoms with Gasteiger partial charge in [0.15, 0.2) is 0 Å². The molecule has 0 radical (unpaired) electrons. The molecule has 0 amide bonds. The topological polar surface area (TPSA) is 36.3 Å². The number of hydrogen-bond acceptors (Lipinski definition) is 3. The van der Waals surface area contributed by atoms with E-state index in [0.717, 1.165) is 19.6 Å². The number of rotatable bonds is 3.